The fourth-order valence-corrected chi connectivity index (χ4v) is 1.98. The Labute approximate surface area is 75.7 Å². The maximum Gasteiger partial charge on any atom is -0.00204 e. The quantitative estimate of drug-likeness (QED) is 0.544. The highest BCUT2D eigenvalue weighted by atomic mass is 14.3. The van der Waals surface area contributed by atoms with Gasteiger partial charge in [0.2, 0.25) is 0 Å². The van der Waals surface area contributed by atoms with Gasteiger partial charge in [0.05, 0.1) is 0 Å². The van der Waals surface area contributed by atoms with Crippen LogP contribution in [0, 0.1) is 17.8 Å². The highest BCUT2D eigenvalue weighted by Crippen LogP contribution is 2.37. The molecule has 0 N–H and O–H groups in total. The Morgan fingerprint density at radius 3 is 2.42 bits per heavy atom. The van der Waals surface area contributed by atoms with Gasteiger partial charge in [-0.25, -0.2) is 0 Å². The maximum atomic E-state index is 4.11. The van der Waals surface area contributed by atoms with Crippen molar-refractivity contribution in [1.82, 2.24) is 0 Å². The molecule has 0 amide bonds. The second kappa shape index (κ2) is 3.75. The monoisotopic (exact) mass is 162 g/mol. The second-order valence-electron chi connectivity index (χ2n) is 3.79. The lowest BCUT2D eigenvalue weighted by atomic mass is 9.73. The number of rotatable bonds is 2. The molecule has 0 saturated heterocycles. The van der Waals surface area contributed by atoms with E-state index in [4.69, 9.17) is 0 Å². The van der Waals surface area contributed by atoms with Crippen LogP contribution in [0.15, 0.2) is 37.5 Å². The molecule has 0 unspecified atom stereocenters. The third-order valence-corrected chi connectivity index (χ3v) is 2.94. The van der Waals surface area contributed by atoms with E-state index in [-0.39, 0.29) is 0 Å². The fourth-order valence-electron chi connectivity index (χ4n) is 1.98. The molecule has 1 saturated carbocycles. The predicted octanol–water partition coefficient (Wildman–Crippen LogP) is 3.58. The highest BCUT2D eigenvalue weighted by Gasteiger charge is 2.25. The zero-order chi connectivity index (χ0) is 9.14. The summed E-state index contributed by atoms with van der Waals surface area (Å²) >= 11 is 0. The summed E-state index contributed by atoms with van der Waals surface area (Å²) < 4.78 is 0. The van der Waals surface area contributed by atoms with Crippen LogP contribution < -0.4 is 0 Å². The van der Waals surface area contributed by atoms with Gasteiger partial charge in [-0.1, -0.05) is 31.2 Å². The van der Waals surface area contributed by atoms with Crippen molar-refractivity contribution in [2.24, 2.45) is 17.8 Å². The molecular weight excluding hydrogens is 144 g/mol. The average Bonchev–Trinajstić information content (AvgIpc) is 2.09. The molecule has 12 heavy (non-hydrogen) atoms. The zero-order valence-electron chi connectivity index (χ0n) is 7.92. The summed E-state index contributed by atoms with van der Waals surface area (Å²) in [7, 11) is 0. The van der Waals surface area contributed by atoms with E-state index < -0.39 is 0 Å². The van der Waals surface area contributed by atoms with E-state index in [0.717, 1.165) is 6.42 Å². The molecular formula is C12H18. The lowest BCUT2D eigenvalue weighted by Crippen LogP contribution is -2.21. The number of hydrogen-bond donors (Lipinski definition) is 0. The van der Waals surface area contributed by atoms with Crippen LogP contribution in [0.2, 0.25) is 0 Å². The Morgan fingerprint density at radius 2 is 1.92 bits per heavy atom. The van der Waals surface area contributed by atoms with E-state index in [2.05, 4.69) is 32.7 Å². The van der Waals surface area contributed by atoms with Crippen LogP contribution in [0.3, 0.4) is 0 Å². The molecule has 0 heteroatoms. The molecule has 0 heterocycles. The van der Waals surface area contributed by atoms with Crippen LogP contribution in [0.1, 0.15) is 19.8 Å². The molecule has 0 aromatic rings. The zero-order valence-corrected chi connectivity index (χ0v) is 7.92. The Balaban J connectivity index is 2.70. The van der Waals surface area contributed by atoms with E-state index >= 15 is 0 Å². The molecule has 1 aliphatic carbocycles. The van der Waals surface area contributed by atoms with Crippen molar-refractivity contribution in [3.63, 3.8) is 0 Å². The van der Waals surface area contributed by atoms with Crippen molar-refractivity contribution >= 4 is 0 Å². The van der Waals surface area contributed by atoms with Gasteiger partial charge in [-0.05, 0) is 30.6 Å². The lowest BCUT2D eigenvalue weighted by molar-refractivity contribution is 0.359. The first-order chi connectivity index (χ1) is 5.69. The molecule has 0 nitrogen and oxygen atoms in total. The average molecular weight is 162 g/mol. The number of allylic oxidation sites excluding steroid dienone is 3. The van der Waals surface area contributed by atoms with Crippen LogP contribution >= 0.6 is 0 Å². The lowest BCUT2D eigenvalue weighted by Gasteiger charge is -2.32. The van der Waals surface area contributed by atoms with Crippen LogP contribution in [0.25, 0.3) is 0 Å². The highest BCUT2D eigenvalue weighted by molar-refractivity contribution is 5.15. The van der Waals surface area contributed by atoms with Crippen LogP contribution in [0.5, 0.6) is 0 Å². The molecule has 1 aliphatic rings. The first-order valence-corrected chi connectivity index (χ1v) is 4.62. The Morgan fingerprint density at radius 1 is 1.25 bits per heavy atom. The minimum atomic E-state index is 0.511. The molecule has 3 atom stereocenters. The third-order valence-electron chi connectivity index (χ3n) is 2.94. The largest absolute Gasteiger partial charge is 0.103 e. The summed E-state index contributed by atoms with van der Waals surface area (Å²) in [4.78, 5) is 0. The summed E-state index contributed by atoms with van der Waals surface area (Å²) in [6, 6.07) is 0. The molecule has 0 radical (unpaired) electrons. The summed E-state index contributed by atoms with van der Waals surface area (Å²) in [5.74, 6) is 1.80. The summed E-state index contributed by atoms with van der Waals surface area (Å²) in [6.07, 6.45) is 6.47. The van der Waals surface area contributed by atoms with E-state index in [1.807, 2.05) is 6.08 Å². The molecule has 0 aliphatic heterocycles. The smallest absolute Gasteiger partial charge is 0.00204 e. The Hall–Kier alpha value is -0.780. The van der Waals surface area contributed by atoms with Gasteiger partial charge < -0.3 is 0 Å². The van der Waals surface area contributed by atoms with Gasteiger partial charge in [-0.15, -0.1) is 13.2 Å². The second-order valence-corrected chi connectivity index (χ2v) is 3.79. The topological polar surface area (TPSA) is 0 Å². The van der Waals surface area contributed by atoms with E-state index in [1.165, 1.54) is 12.0 Å². The summed E-state index contributed by atoms with van der Waals surface area (Å²) in [5, 5.41) is 0. The molecule has 66 valence electrons. The van der Waals surface area contributed by atoms with E-state index in [9.17, 15) is 0 Å². The fraction of sp³-hybridized carbons (Fsp3) is 0.500. The van der Waals surface area contributed by atoms with Crippen molar-refractivity contribution in [1.29, 1.82) is 0 Å². The van der Waals surface area contributed by atoms with Gasteiger partial charge in [-0.3, -0.25) is 0 Å². The van der Waals surface area contributed by atoms with Crippen molar-refractivity contribution < 1.29 is 0 Å². The van der Waals surface area contributed by atoms with Crippen molar-refractivity contribution in [2.45, 2.75) is 19.8 Å². The van der Waals surface area contributed by atoms with Crippen molar-refractivity contribution in [3.8, 4) is 0 Å². The maximum absolute atomic E-state index is 4.11. The molecule has 1 fully saturated rings. The SMILES string of the molecule is C=C[C@H]1C[C@@H](C)C(=C)[C@@H](C=C)C1. The van der Waals surface area contributed by atoms with Gasteiger partial charge >= 0.3 is 0 Å². The Kier molecular flexibility index (Phi) is 2.91. The van der Waals surface area contributed by atoms with Crippen molar-refractivity contribution in [2.75, 3.05) is 0 Å². The summed E-state index contributed by atoms with van der Waals surface area (Å²) in [6.45, 7) is 14.0. The van der Waals surface area contributed by atoms with Crippen LogP contribution in [-0.2, 0) is 0 Å². The Bertz CT molecular complexity index is 200. The first-order valence-electron chi connectivity index (χ1n) is 4.62. The van der Waals surface area contributed by atoms with Crippen LogP contribution in [0.4, 0.5) is 0 Å². The van der Waals surface area contributed by atoms with Gasteiger partial charge in [0.1, 0.15) is 0 Å². The van der Waals surface area contributed by atoms with E-state index in [1.54, 1.807) is 0 Å². The standard InChI is InChI=1S/C12H18/c1-5-11-7-9(3)10(4)12(6-2)8-11/h5-6,9,11-12H,1-2,4,7-8H2,3H3/t9-,11+,12+/m1/s1. The minimum Gasteiger partial charge on any atom is -0.103 e. The van der Waals surface area contributed by atoms with Crippen LogP contribution in [-0.4, -0.2) is 0 Å². The molecule has 0 spiro atoms. The predicted molar refractivity (Wildman–Crippen MR) is 54.9 cm³/mol. The third kappa shape index (κ3) is 1.69. The summed E-state index contributed by atoms with van der Waals surface area (Å²) in [5.41, 5.74) is 1.35. The van der Waals surface area contributed by atoms with Gasteiger partial charge in [0, 0.05) is 0 Å². The molecule has 1 rings (SSSR count). The molecule has 0 aromatic heterocycles. The van der Waals surface area contributed by atoms with Gasteiger partial charge in [-0.2, -0.15) is 0 Å². The van der Waals surface area contributed by atoms with Gasteiger partial charge in [0.15, 0.2) is 0 Å². The normalized spacial score (nSPS) is 36.1. The molecule has 0 bridgehead atoms. The minimum absolute atomic E-state index is 0.511. The van der Waals surface area contributed by atoms with E-state index in [0.29, 0.717) is 17.8 Å². The molecule has 0 aromatic carbocycles. The first kappa shape index (κ1) is 9.31. The van der Waals surface area contributed by atoms with Gasteiger partial charge in [0.25, 0.3) is 0 Å². The van der Waals surface area contributed by atoms with Crippen molar-refractivity contribution in [3.05, 3.63) is 37.5 Å². The number of hydrogen-bond acceptors (Lipinski definition) is 0.